The Morgan fingerprint density at radius 1 is 1.38 bits per heavy atom. The fraction of sp³-hybridized carbons (Fsp3) is 0.368. The van der Waals surface area contributed by atoms with E-state index in [2.05, 4.69) is 11.9 Å². The number of hydrogen-bond donors (Lipinski definition) is 1. The van der Waals surface area contributed by atoms with Crippen LogP contribution in [0.15, 0.2) is 41.4 Å². The van der Waals surface area contributed by atoms with Gasteiger partial charge in [-0.1, -0.05) is 18.7 Å². The maximum Gasteiger partial charge on any atom is 0.355 e. The summed E-state index contributed by atoms with van der Waals surface area (Å²) in [5.74, 6) is -1.45. The largest absolute Gasteiger partial charge is 0.461 e. The molecule has 3 heterocycles. The number of hydrogen-bond acceptors (Lipinski definition) is 8. The summed E-state index contributed by atoms with van der Waals surface area (Å²) in [6, 6.07) is 2.99. The molecule has 10 heteroatoms. The Balaban J connectivity index is 1.73. The third-order valence-electron chi connectivity index (χ3n) is 4.25. The Morgan fingerprint density at radius 2 is 2.17 bits per heavy atom. The summed E-state index contributed by atoms with van der Waals surface area (Å²) in [4.78, 5) is 50.9. The highest BCUT2D eigenvalue weighted by Crippen LogP contribution is 2.40. The molecule has 0 aromatic carbocycles. The van der Waals surface area contributed by atoms with E-state index < -0.39 is 29.3 Å². The van der Waals surface area contributed by atoms with E-state index in [1.807, 2.05) is 17.5 Å². The minimum absolute atomic E-state index is 0.00992. The number of nitrogens with one attached hydrogen (secondary N) is 1. The second-order valence-corrected chi connectivity index (χ2v) is 8.47. The van der Waals surface area contributed by atoms with Gasteiger partial charge in [0.1, 0.15) is 30.3 Å². The number of carbonyl (C=O) groups is 4. The summed E-state index contributed by atoms with van der Waals surface area (Å²) in [7, 11) is 0. The van der Waals surface area contributed by atoms with Gasteiger partial charge in [-0.25, -0.2) is 4.79 Å². The molecule has 0 bridgehead atoms. The van der Waals surface area contributed by atoms with Crippen molar-refractivity contribution in [3.63, 3.8) is 0 Å². The molecule has 0 aliphatic carbocycles. The van der Waals surface area contributed by atoms with Gasteiger partial charge < -0.3 is 14.8 Å². The SMILES string of the molecule is C=CCOC(=O)C1=C(COC(C)=O)CS[C@H]2[C@H](NC(=O)Cc3cccs3)C(=O)N12. The zero-order chi connectivity index (χ0) is 21.0. The lowest BCUT2D eigenvalue weighted by molar-refractivity contribution is -0.152. The van der Waals surface area contributed by atoms with Crippen LogP contribution >= 0.6 is 23.1 Å². The molecule has 2 aliphatic heterocycles. The van der Waals surface area contributed by atoms with Crippen LogP contribution < -0.4 is 5.32 Å². The average molecular weight is 437 g/mol. The van der Waals surface area contributed by atoms with Gasteiger partial charge in [0, 0.05) is 23.1 Å². The molecule has 2 atom stereocenters. The Kier molecular flexibility index (Phi) is 6.75. The molecule has 0 spiro atoms. The van der Waals surface area contributed by atoms with Crippen LogP contribution in [0, 0.1) is 0 Å². The second-order valence-electron chi connectivity index (χ2n) is 6.33. The minimum atomic E-state index is -0.718. The lowest BCUT2D eigenvalue weighted by Gasteiger charge is -2.49. The molecule has 154 valence electrons. The maximum absolute atomic E-state index is 12.7. The number of thioether (sulfide) groups is 1. The van der Waals surface area contributed by atoms with Gasteiger partial charge in [0.2, 0.25) is 5.91 Å². The number of carbonyl (C=O) groups excluding carboxylic acids is 4. The fourth-order valence-electron chi connectivity index (χ4n) is 2.97. The van der Waals surface area contributed by atoms with Crippen molar-refractivity contribution >= 4 is 46.9 Å². The number of esters is 2. The third kappa shape index (κ3) is 4.70. The molecule has 0 radical (unpaired) electrons. The summed E-state index contributed by atoms with van der Waals surface area (Å²) >= 11 is 2.86. The van der Waals surface area contributed by atoms with Crippen molar-refractivity contribution in [2.45, 2.75) is 24.8 Å². The van der Waals surface area contributed by atoms with Gasteiger partial charge >= 0.3 is 11.9 Å². The Bertz CT molecular complexity index is 864. The molecule has 0 unspecified atom stereocenters. The first-order chi connectivity index (χ1) is 13.9. The number of fused-ring (bicyclic) bond motifs is 1. The minimum Gasteiger partial charge on any atom is -0.461 e. The van der Waals surface area contributed by atoms with Crippen molar-refractivity contribution in [2.75, 3.05) is 19.0 Å². The molecule has 1 aromatic rings. The number of nitrogens with zero attached hydrogens (tertiary/aromatic N) is 1. The molecule has 3 rings (SSSR count). The van der Waals surface area contributed by atoms with Gasteiger partial charge in [0.15, 0.2) is 0 Å². The van der Waals surface area contributed by atoms with Crippen LogP contribution in [0.4, 0.5) is 0 Å². The maximum atomic E-state index is 12.7. The lowest BCUT2D eigenvalue weighted by atomic mass is 10.0. The third-order valence-corrected chi connectivity index (χ3v) is 6.47. The first kappa shape index (κ1) is 21.1. The van der Waals surface area contributed by atoms with Crippen molar-refractivity contribution in [1.82, 2.24) is 10.2 Å². The van der Waals surface area contributed by atoms with E-state index in [1.54, 1.807) is 0 Å². The fourth-order valence-corrected chi connectivity index (χ4v) is 5.00. The van der Waals surface area contributed by atoms with E-state index in [0.29, 0.717) is 11.3 Å². The Hall–Kier alpha value is -2.59. The van der Waals surface area contributed by atoms with E-state index in [9.17, 15) is 19.2 Å². The zero-order valence-corrected chi connectivity index (χ0v) is 17.3. The summed E-state index contributed by atoms with van der Waals surface area (Å²) < 4.78 is 10.1. The number of thiophene rings is 1. The van der Waals surface area contributed by atoms with Crippen LogP contribution in [0.25, 0.3) is 0 Å². The highest BCUT2D eigenvalue weighted by atomic mass is 32.2. The highest BCUT2D eigenvalue weighted by molar-refractivity contribution is 8.00. The van der Waals surface area contributed by atoms with Crippen LogP contribution in [0.5, 0.6) is 0 Å². The van der Waals surface area contributed by atoms with E-state index in [1.165, 1.54) is 41.0 Å². The van der Waals surface area contributed by atoms with E-state index in [0.717, 1.165) is 4.88 Å². The van der Waals surface area contributed by atoms with Gasteiger partial charge in [-0.3, -0.25) is 19.3 Å². The second kappa shape index (κ2) is 9.27. The van der Waals surface area contributed by atoms with Crippen molar-refractivity contribution in [3.05, 3.63) is 46.3 Å². The first-order valence-electron chi connectivity index (χ1n) is 8.82. The average Bonchev–Trinajstić information content (AvgIpc) is 3.20. The quantitative estimate of drug-likeness (QED) is 0.372. The van der Waals surface area contributed by atoms with Crippen molar-refractivity contribution in [2.24, 2.45) is 0 Å². The van der Waals surface area contributed by atoms with E-state index in [4.69, 9.17) is 9.47 Å². The molecule has 1 aromatic heterocycles. The summed E-state index contributed by atoms with van der Waals surface area (Å²) in [6.07, 6.45) is 1.62. The van der Waals surface area contributed by atoms with Crippen LogP contribution in [0.1, 0.15) is 11.8 Å². The Labute approximate surface area is 175 Å². The highest BCUT2D eigenvalue weighted by Gasteiger charge is 2.54. The number of β-lactam (4-membered cyclic amide) rings is 1. The lowest BCUT2D eigenvalue weighted by Crippen LogP contribution is -2.70. The smallest absolute Gasteiger partial charge is 0.355 e. The molecule has 29 heavy (non-hydrogen) atoms. The molecule has 8 nitrogen and oxygen atoms in total. The number of ether oxygens (including phenoxy) is 2. The van der Waals surface area contributed by atoms with Gasteiger partial charge in [-0.2, -0.15) is 0 Å². The van der Waals surface area contributed by atoms with Crippen LogP contribution in [0.2, 0.25) is 0 Å². The molecule has 2 aliphatic rings. The summed E-state index contributed by atoms with van der Waals surface area (Å²) in [6.45, 7) is 4.65. The molecular weight excluding hydrogens is 416 g/mol. The molecule has 1 fully saturated rings. The van der Waals surface area contributed by atoms with Crippen molar-refractivity contribution in [3.8, 4) is 0 Å². The summed E-state index contributed by atoms with van der Waals surface area (Å²) in [5, 5.41) is 4.22. The van der Waals surface area contributed by atoms with Crippen molar-refractivity contribution < 1.29 is 28.7 Å². The topological polar surface area (TPSA) is 102 Å². The standard InChI is InChI=1S/C19H20N2O6S2/c1-3-6-26-19(25)16-12(9-27-11(2)22)10-29-18-15(17(24)21(16)18)20-14(23)8-13-5-4-7-28-13/h3-5,7,15,18H,1,6,8-10H2,2H3,(H,20,23)/t15-,18+/m1/s1. The van der Waals surface area contributed by atoms with Gasteiger partial charge in [-0.05, 0) is 11.4 Å². The Morgan fingerprint density at radius 3 is 2.83 bits per heavy atom. The van der Waals surface area contributed by atoms with Crippen LogP contribution in [-0.4, -0.2) is 59.0 Å². The first-order valence-corrected chi connectivity index (χ1v) is 10.7. The molecule has 1 N–H and O–H groups in total. The zero-order valence-electron chi connectivity index (χ0n) is 15.7. The predicted molar refractivity (Wildman–Crippen MR) is 108 cm³/mol. The van der Waals surface area contributed by atoms with Gasteiger partial charge in [-0.15, -0.1) is 23.1 Å². The summed E-state index contributed by atoms with van der Waals surface area (Å²) in [5.41, 5.74) is 0.567. The van der Waals surface area contributed by atoms with E-state index in [-0.39, 0.29) is 31.2 Å². The predicted octanol–water partition coefficient (Wildman–Crippen LogP) is 1.24. The number of amides is 2. The van der Waals surface area contributed by atoms with E-state index >= 15 is 0 Å². The molecule has 0 saturated carbocycles. The normalized spacial score (nSPS) is 20.4. The van der Waals surface area contributed by atoms with Gasteiger partial charge in [0.25, 0.3) is 5.91 Å². The van der Waals surface area contributed by atoms with Crippen molar-refractivity contribution in [1.29, 1.82) is 0 Å². The van der Waals surface area contributed by atoms with Crippen LogP contribution in [-0.2, 0) is 35.1 Å². The molecular formula is C19H20N2O6S2. The molecule has 1 saturated heterocycles. The number of rotatable bonds is 8. The molecule has 2 amide bonds. The van der Waals surface area contributed by atoms with Crippen LogP contribution in [0.3, 0.4) is 0 Å². The van der Waals surface area contributed by atoms with Gasteiger partial charge in [0.05, 0.1) is 6.42 Å². The monoisotopic (exact) mass is 436 g/mol.